The molecule has 3 aliphatic carbocycles. The molecule has 3 aliphatic rings. The largest absolute Gasteiger partial charge is 0.395 e. The van der Waals surface area contributed by atoms with Crippen molar-refractivity contribution in [3.05, 3.63) is 0 Å². The van der Waals surface area contributed by atoms with E-state index >= 15 is 0 Å². The SMILES string of the molecule is CCC[C@@]1(C)CC[C@H]2[C@@H](CC[C@@H]3C[C@@H](O)C(C/C=N\OCCN(C)C)C[C@@]32C)[C@@H]1O. The first-order chi connectivity index (χ1) is 14.2. The fraction of sp³-hybridized carbons (Fsp3) is 0.960. The van der Waals surface area contributed by atoms with E-state index < -0.39 is 0 Å². The van der Waals surface area contributed by atoms with Gasteiger partial charge in [0.2, 0.25) is 0 Å². The van der Waals surface area contributed by atoms with Gasteiger partial charge in [0, 0.05) is 12.8 Å². The quantitative estimate of drug-likeness (QED) is 0.347. The van der Waals surface area contributed by atoms with Gasteiger partial charge < -0.3 is 20.0 Å². The van der Waals surface area contributed by atoms with Crippen molar-refractivity contribution in [1.29, 1.82) is 0 Å². The van der Waals surface area contributed by atoms with Gasteiger partial charge in [-0.25, -0.2) is 0 Å². The molecule has 0 spiro atoms. The summed E-state index contributed by atoms with van der Waals surface area (Å²) < 4.78 is 0. The third-order valence-electron chi connectivity index (χ3n) is 9.07. The Morgan fingerprint density at radius 1 is 1.17 bits per heavy atom. The van der Waals surface area contributed by atoms with Gasteiger partial charge in [-0.05, 0) is 100.0 Å². The van der Waals surface area contributed by atoms with Crippen molar-refractivity contribution in [3.8, 4) is 0 Å². The van der Waals surface area contributed by atoms with Gasteiger partial charge in [0.1, 0.15) is 6.61 Å². The lowest BCUT2D eigenvalue weighted by atomic mass is 9.45. The first-order valence-electron chi connectivity index (χ1n) is 12.4. The zero-order valence-electron chi connectivity index (χ0n) is 20.0. The van der Waals surface area contributed by atoms with Crippen molar-refractivity contribution in [2.24, 2.45) is 39.7 Å². The highest BCUT2D eigenvalue weighted by Gasteiger charge is 2.57. The number of fused-ring (bicyclic) bond motifs is 3. The summed E-state index contributed by atoms with van der Waals surface area (Å²) >= 11 is 0. The Morgan fingerprint density at radius 2 is 1.93 bits per heavy atom. The predicted molar refractivity (Wildman–Crippen MR) is 122 cm³/mol. The highest BCUT2D eigenvalue weighted by molar-refractivity contribution is 5.56. The molecule has 5 heteroatoms. The summed E-state index contributed by atoms with van der Waals surface area (Å²) in [5.74, 6) is 1.84. The lowest BCUT2D eigenvalue weighted by Crippen LogP contribution is -2.57. The van der Waals surface area contributed by atoms with Gasteiger partial charge in [0.25, 0.3) is 0 Å². The van der Waals surface area contributed by atoms with E-state index in [1.807, 2.05) is 20.3 Å². The third kappa shape index (κ3) is 4.88. The molecule has 174 valence electrons. The number of aliphatic hydroxyl groups excluding tert-OH is 2. The van der Waals surface area contributed by atoms with Gasteiger partial charge in [0.15, 0.2) is 0 Å². The average Bonchev–Trinajstić information content (AvgIpc) is 2.68. The highest BCUT2D eigenvalue weighted by Crippen LogP contribution is 2.62. The van der Waals surface area contributed by atoms with Gasteiger partial charge in [-0.2, -0.15) is 0 Å². The monoisotopic (exact) mass is 422 g/mol. The van der Waals surface area contributed by atoms with E-state index in [2.05, 4.69) is 30.8 Å². The molecule has 3 fully saturated rings. The third-order valence-corrected chi connectivity index (χ3v) is 9.07. The van der Waals surface area contributed by atoms with Gasteiger partial charge >= 0.3 is 0 Å². The molecule has 0 saturated heterocycles. The lowest BCUT2D eigenvalue weighted by molar-refractivity contribution is -0.167. The summed E-state index contributed by atoms with van der Waals surface area (Å²) in [6.45, 7) is 8.46. The second kappa shape index (κ2) is 9.87. The second-order valence-corrected chi connectivity index (χ2v) is 11.4. The summed E-state index contributed by atoms with van der Waals surface area (Å²) in [5, 5.41) is 26.3. The maximum absolute atomic E-state index is 11.3. The van der Waals surface area contributed by atoms with Gasteiger partial charge in [0.05, 0.1) is 12.2 Å². The Morgan fingerprint density at radius 3 is 2.63 bits per heavy atom. The minimum atomic E-state index is -0.244. The summed E-state index contributed by atoms with van der Waals surface area (Å²) in [4.78, 5) is 7.44. The zero-order valence-corrected chi connectivity index (χ0v) is 20.0. The Bertz CT molecular complexity index is 583. The molecule has 5 nitrogen and oxygen atoms in total. The molecular formula is C25H46N2O3. The van der Waals surface area contributed by atoms with E-state index in [1.165, 1.54) is 6.42 Å². The zero-order chi connectivity index (χ0) is 21.9. The van der Waals surface area contributed by atoms with Crippen molar-refractivity contribution in [1.82, 2.24) is 4.90 Å². The maximum atomic E-state index is 11.3. The molecule has 0 amide bonds. The number of hydrogen-bond acceptors (Lipinski definition) is 5. The van der Waals surface area contributed by atoms with Crippen LogP contribution in [0.15, 0.2) is 5.16 Å². The minimum Gasteiger partial charge on any atom is -0.395 e. The van der Waals surface area contributed by atoms with Crippen molar-refractivity contribution in [2.45, 2.75) is 90.8 Å². The predicted octanol–water partition coefficient (Wildman–Crippen LogP) is 4.32. The molecule has 8 atom stereocenters. The van der Waals surface area contributed by atoms with Crippen LogP contribution in [0, 0.1) is 34.5 Å². The standard InChI is InChI=1S/C25H46N2O3/c1-6-11-24(2)12-9-21-20(23(24)29)8-7-19-16-22(28)18(17-25(19,21)3)10-13-26-30-15-14-27(4)5/h13,18-23,28-29H,6-12,14-17H2,1-5H3/b26-13-/t18?,19-,20-,21+,22-,23+,24+,25+/m1/s1. The van der Waals surface area contributed by atoms with Crippen LogP contribution in [0.2, 0.25) is 0 Å². The molecule has 0 aromatic carbocycles. The van der Waals surface area contributed by atoms with Crippen LogP contribution in [0.4, 0.5) is 0 Å². The summed E-state index contributed by atoms with van der Waals surface area (Å²) in [6, 6.07) is 0. The normalized spacial score (nSPS) is 44.1. The number of hydrogen-bond donors (Lipinski definition) is 2. The van der Waals surface area contributed by atoms with E-state index in [1.54, 1.807) is 0 Å². The number of likely N-dealkylation sites (N-methyl/N-ethyl adjacent to an activating group) is 1. The molecule has 0 aliphatic heterocycles. The van der Waals surface area contributed by atoms with Gasteiger partial charge in [-0.1, -0.05) is 32.3 Å². The van der Waals surface area contributed by atoms with Crippen LogP contribution in [-0.2, 0) is 4.84 Å². The molecule has 2 N–H and O–H groups in total. The number of nitrogens with zero attached hydrogens (tertiary/aromatic N) is 2. The average molecular weight is 423 g/mol. The van der Waals surface area contributed by atoms with Crippen LogP contribution in [-0.4, -0.2) is 60.8 Å². The van der Waals surface area contributed by atoms with E-state index in [0.29, 0.717) is 24.4 Å². The molecule has 0 heterocycles. The second-order valence-electron chi connectivity index (χ2n) is 11.4. The van der Waals surface area contributed by atoms with Crippen molar-refractivity contribution >= 4 is 6.21 Å². The first kappa shape index (κ1) is 24.0. The Labute approximate surface area is 184 Å². The van der Waals surface area contributed by atoms with Gasteiger partial charge in [-0.15, -0.1) is 0 Å². The Hall–Kier alpha value is -0.650. The van der Waals surface area contributed by atoms with Crippen LogP contribution in [0.25, 0.3) is 0 Å². The Kier molecular flexibility index (Phi) is 7.90. The molecule has 0 aromatic rings. The molecule has 0 radical (unpaired) electrons. The minimum absolute atomic E-state index is 0.0866. The molecule has 3 saturated carbocycles. The van der Waals surface area contributed by atoms with Crippen LogP contribution in [0.1, 0.15) is 78.6 Å². The number of aliphatic hydroxyl groups is 2. The Balaban J connectivity index is 1.64. The van der Waals surface area contributed by atoms with E-state index in [0.717, 1.165) is 57.9 Å². The van der Waals surface area contributed by atoms with Gasteiger partial charge in [-0.3, -0.25) is 0 Å². The molecule has 0 aromatic heterocycles. The lowest BCUT2D eigenvalue weighted by Gasteiger charge is -2.61. The van der Waals surface area contributed by atoms with Crippen LogP contribution < -0.4 is 0 Å². The van der Waals surface area contributed by atoms with Crippen molar-refractivity contribution in [3.63, 3.8) is 0 Å². The van der Waals surface area contributed by atoms with Crippen molar-refractivity contribution in [2.75, 3.05) is 27.2 Å². The summed E-state index contributed by atoms with van der Waals surface area (Å²) in [7, 11) is 4.04. The van der Waals surface area contributed by atoms with Crippen LogP contribution >= 0.6 is 0 Å². The summed E-state index contributed by atoms with van der Waals surface area (Å²) in [5.41, 5.74) is 0.310. The van der Waals surface area contributed by atoms with E-state index in [9.17, 15) is 10.2 Å². The first-order valence-corrected chi connectivity index (χ1v) is 12.4. The van der Waals surface area contributed by atoms with Crippen molar-refractivity contribution < 1.29 is 15.1 Å². The topological polar surface area (TPSA) is 65.3 Å². The highest BCUT2D eigenvalue weighted by atomic mass is 16.6. The molecule has 30 heavy (non-hydrogen) atoms. The molecule has 0 bridgehead atoms. The fourth-order valence-corrected chi connectivity index (χ4v) is 7.27. The molecular weight excluding hydrogens is 376 g/mol. The molecule has 3 rings (SSSR count). The van der Waals surface area contributed by atoms with Crippen LogP contribution in [0.5, 0.6) is 0 Å². The maximum Gasteiger partial charge on any atom is 0.129 e. The summed E-state index contributed by atoms with van der Waals surface area (Å²) in [6.07, 6.45) is 11.1. The smallest absolute Gasteiger partial charge is 0.129 e. The number of oxime groups is 1. The number of rotatable bonds is 8. The molecule has 1 unspecified atom stereocenters. The van der Waals surface area contributed by atoms with E-state index in [-0.39, 0.29) is 29.0 Å². The van der Waals surface area contributed by atoms with Crippen LogP contribution in [0.3, 0.4) is 0 Å². The fourth-order valence-electron chi connectivity index (χ4n) is 7.27. The van der Waals surface area contributed by atoms with E-state index in [4.69, 9.17) is 4.84 Å².